The van der Waals surface area contributed by atoms with Crippen LogP contribution >= 0.6 is 0 Å². The van der Waals surface area contributed by atoms with Crippen LogP contribution in [0.2, 0.25) is 0 Å². The molecule has 0 aliphatic carbocycles. The molecule has 0 radical (unpaired) electrons. The summed E-state index contributed by atoms with van der Waals surface area (Å²) >= 11 is 0. The van der Waals surface area contributed by atoms with Gasteiger partial charge in [-0.2, -0.15) is 0 Å². The van der Waals surface area contributed by atoms with Gasteiger partial charge in [-0.05, 0) is 57.8 Å². The van der Waals surface area contributed by atoms with Gasteiger partial charge in [-0.25, -0.2) is 0 Å². The average Bonchev–Trinajstić information content (AvgIpc) is 3.41. The molecule has 1 atom stereocenters. The fourth-order valence-electron chi connectivity index (χ4n) is 10.1. The molecule has 6 nitrogen and oxygen atoms in total. The first-order valence-corrected chi connectivity index (χ1v) is 33.5. The van der Waals surface area contributed by atoms with E-state index in [1.807, 2.05) is 0 Å². The molecule has 0 aromatic heterocycles. The summed E-state index contributed by atoms with van der Waals surface area (Å²) in [5, 5.41) is 0. The van der Waals surface area contributed by atoms with Crippen molar-refractivity contribution < 1.29 is 28.6 Å². The number of rotatable bonds is 62. The van der Waals surface area contributed by atoms with Crippen molar-refractivity contribution in [1.29, 1.82) is 0 Å². The number of unbranched alkanes of at least 4 members (excludes halogenated alkanes) is 45. The van der Waals surface area contributed by atoms with Gasteiger partial charge < -0.3 is 14.2 Å². The molecule has 0 bridgehead atoms. The highest BCUT2D eigenvalue weighted by Gasteiger charge is 2.19. The zero-order valence-electron chi connectivity index (χ0n) is 50.6. The monoisotopic (exact) mass is 1050 g/mol. The summed E-state index contributed by atoms with van der Waals surface area (Å²) in [5.41, 5.74) is 0. The van der Waals surface area contributed by atoms with Crippen LogP contribution in [-0.4, -0.2) is 37.2 Å². The van der Waals surface area contributed by atoms with Crippen LogP contribution in [0.4, 0.5) is 0 Å². The lowest BCUT2D eigenvalue weighted by molar-refractivity contribution is -0.167. The van der Waals surface area contributed by atoms with Crippen molar-refractivity contribution >= 4 is 17.9 Å². The van der Waals surface area contributed by atoms with Gasteiger partial charge in [0.05, 0.1) is 0 Å². The van der Waals surface area contributed by atoms with E-state index in [1.54, 1.807) is 0 Å². The topological polar surface area (TPSA) is 78.9 Å². The Bertz CT molecular complexity index is 1250. The van der Waals surface area contributed by atoms with Gasteiger partial charge in [0, 0.05) is 19.3 Å². The van der Waals surface area contributed by atoms with E-state index in [9.17, 15) is 14.4 Å². The number of hydrogen-bond donors (Lipinski definition) is 0. The van der Waals surface area contributed by atoms with E-state index < -0.39 is 6.10 Å². The van der Waals surface area contributed by atoms with Crippen LogP contribution in [0.15, 0.2) is 36.5 Å². The predicted octanol–water partition coefficient (Wildman–Crippen LogP) is 22.8. The van der Waals surface area contributed by atoms with Gasteiger partial charge >= 0.3 is 17.9 Å². The first kappa shape index (κ1) is 72.6. The van der Waals surface area contributed by atoms with E-state index in [-0.39, 0.29) is 31.1 Å². The molecule has 6 heteroatoms. The Balaban J connectivity index is 4.31. The summed E-state index contributed by atoms with van der Waals surface area (Å²) in [6.45, 7) is 6.69. The Hall–Kier alpha value is -2.37. The summed E-state index contributed by atoms with van der Waals surface area (Å²) in [6, 6.07) is 0. The van der Waals surface area contributed by atoms with E-state index >= 15 is 0 Å². The third-order valence-corrected chi connectivity index (χ3v) is 15.1. The summed E-state index contributed by atoms with van der Waals surface area (Å²) < 4.78 is 17.0. The van der Waals surface area contributed by atoms with E-state index in [2.05, 4.69) is 57.2 Å². The van der Waals surface area contributed by atoms with Crippen LogP contribution in [0.1, 0.15) is 367 Å². The van der Waals surface area contributed by atoms with Crippen LogP contribution in [0.25, 0.3) is 0 Å². The third-order valence-electron chi connectivity index (χ3n) is 15.1. The standard InChI is InChI=1S/C69H128O6/c1-4-7-10-13-16-19-22-25-28-30-32-34-36-37-39-41-44-47-50-53-56-59-62-68(71)74-65-66(64-73-67(70)61-58-55-52-49-46-43-27-24-21-18-15-12-9-6-3)75-69(72)63-60-57-54-51-48-45-42-40-38-35-33-31-29-26-23-20-17-14-11-8-5-2/h23,26,31,33,38,40,66H,4-22,24-25,27-30,32,34-37,39,41-65H2,1-3H3/b26-23-,33-31-,40-38-. The lowest BCUT2D eigenvalue weighted by Crippen LogP contribution is -2.30. The number of carbonyl (C=O) groups excluding carboxylic acids is 3. The highest BCUT2D eigenvalue weighted by Crippen LogP contribution is 2.18. The first-order valence-electron chi connectivity index (χ1n) is 33.5. The van der Waals surface area contributed by atoms with Gasteiger partial charge in [0.1, 0.15) is 13.2 Å². The second-order valence-electron chi connectivity index (χ2n) is 22.7. The number of carbonyl (C=O) groups is 3. The molecular weight excluding hydrogens is 925 g/mol. The van der Waals surface area contributed by atoms with Crippen molar-refractivity contribution in [3.05, 3.63) is 36.5 Å². The first-order chi connectivity index (χ1) is 37.0. The second-order valence-corrected chi connectivity index (χ2v) is 22.7. The molecule has 0 amide bonds. The largest absolute Gasteiger partial charge is 0.462 e. The second kappa shape index (κ2) is 64.2. The summed E-state index contributed by atoms with van der Waals surface area (Å²) in [4.78, 5) is 38.4. The third kappa shape index (κ3) is 62.4. The molecule has 0 aliphatic heterocycles. The molecule has 75 heavy (non-hydrogen) atoms. The molecule has 0 spiro atoms. The van der Waals surface area contributed by atoms with E-state index in [4.69, 9.17) is 14.2 Å². The fourth-order valence-corrected chi connectivity index (χ4v) is 10.1. The number of hydrogen-bond acceptors (Lipinski definition) is 6. The molecule has 0 N–H and O–H groups in total. The van der Waals surface area contributed by atoms with Crippen LogP contribution < -0.4 is 0 Å². The molecular formula is C69H128O6. The van der Waals surface area contributed by atoms with Crippen molar-refractivity contribution in [2.24, 2.45) is 0 Å². The van der Waals surface area contributed by atoms with E-state index in [0.717, 1.165) is 77.0 Å². The van der Waals surface area contributed by atoms with E-state index in [1.165, 1.54) is 250 Å². The van der Waals surface area contributed by atoms with Crippen LogP contribution in [0.5, 0.6) is 0 Å². The molecule has 1 unspecified atom stereocenters. The minimum absolute atomic E-state index is 0.0720. The molecule has 0 fully saturated rings. The maximum absolute atomic E-state index is 12.9. The molecule has 0 heterocycles. The van der Waals surface area contributed by atoms with Crippen LogP contribution in [-0.2, 0) is 28.6 Å². The van der Waals surface area contributed by atoms with Crippen LogP contribution in [0, 0.1) is 0 Å². The Morgan fingerprint density at radius 1 is 0.267 bits per heavy atom. The van der Waals surface area contributed by atoms with Gasteiger partial charge in [0.25, 0.3) is 0 Å². The van der Waals surface area contributed by atoms with Crippen molar-refractivity contribution in [3.63, 3.8) is 0 Å². The number of esters is 3. The minimum Gasteiger partial charge on any atom is -0.462 e. The SMILES string of the molecule is CCCCCCC/C=C\C/C=C\C/C=C\CCCCCCCCC(=O)OC(COC(=O)CCCCCCCCCCCCCCCC)COC(=O)CCCCCCCCCCCCCCCCCCCCCCCC. The summed E-state index contributed by atoms with van der Waals surface area (Å²) in [5.74, 6) is -0.857. The smallest absolute Gasteiger partial charge is 0.306 e. The zero-order valence-corrected chi connectivity index (χ0v) is 50.6. The van der Waals surface area contributed by atoms with Crippen LogP contribution in [0.3, 0.4) is 0 Å². The average molecular weight is 1050 g/mol. The normalized spacial score (nSPS) is 12.2. The Kier molecular flexibility index (Phi) is 62.1. The summed E-state index contributed by atoms with van der Waals surface area (Å²) in [6.07, 6.45) is 78.7. The number of ether oxygens (including phenoxy) is 3. The molecule has 0 saturated heterocycles. The molecule has 0 saturated carbocycles. The molecule has 440 valence electrons. The number of allylic oxidation sites excluding steroid dienone is 6. The van der Waals surface area contributed by atoms with Gasteiger partial charge in [-0.1, -0.05) is 327 Å². The van der Waals surface area contributed by atoms with Gasteiger partial charge in [-0.15, -0.1) is 0 Å². The van der Waals surface area contributed by atoms with Crippen molar-refractivity contribution in [2.75, 3.05) is 13.2 Å². The Morgan fingerprint density at radius 3 is 0.747 bits per heavy atom. The fraction of sp³-hybridized carbons (Fsp3) is 0.870. The lowest BCUT2D eigenvalue weighted by Gasteiger charge is -2.18. The van der Waals surface area contributed by atoms with Crippen molar-refractivity contribution in [3.8, 4) is 0 Å². The minimum atomic E-state index is -0.776. The zero-order chi connectivity index (χ0) is 54.3. The van der Waals surface area contributed by atoms with Crippen molar-refractivity contribution in [1.82, 2.24) is 0 Å². The molecule has 0 rings (SSSR count). The molecule has 0 aromatic rings. The maximum atomic E-state index is 12.9. The van der Waals surface area contributed by atoms with Gasteiger partial charge in [0.2, 0.25) is 0 Å². The quantitative estimate of drug-likeness (QED) is 0.0261. The molecule has 0 aromatic carbocycles. The Morgan fingerprint density at radius 2 is 0.480 bits per heavy atom. The van der Waals surface area contributed by atoms with Gasteiger partial charge in [0.15, 0.2) is 6.10 Å². The predicted molar refractivity (Wildman–Crippen MR) is 326 cm³/mol. The lowest BCUT2D eigenvalue weighted by atomic mass is 10.0. The van der Waals surface area contributed by atoms with Crippen molar-refractivity contribution in [2.45, 2.75) is 374 Å². The maximum Gasteiger partial charge on any atom is 0.306 e. The highest BCUT2D eigenvalue weighted by atomic mass is 16.6. The van der Waals surface area contributed by atoms with E-state index in [0.29, 0.717) is 19.3 Å². The molecule has 0 aliphatic rings. The van der Waals surface area contributed by atoms with Gasteiger partial charge in [-0.3, -0.25) is 14.4 Å². The Labute approximate surface area is 467 Å². The summed E-state index contributed by atoms with van der Waals surface area (Å²) in [7, 11) is 0. The highest BCUT2D eigenvalue weighted by molar-refractivity contribution is 5.71.